The van der Waals surface area contributed by atoms with Crippen LogP contribution in [0.4, 0.5) is 0 Å². The molecule has 2 rings (SSSR count). The maximum atomic E-state index is 11.6. The fraction of sp³-hybridized carbons (Fsp3) is 0.316. The molecule has 0 saturated heterocycles. The molecule has 4 heteroatoms. The molecular formula is C19H22O4. The van der Waals surface area contributed by atoms with Crippen LogP contribution in [0.3, 0.4) is 0 Å². The lowest BCUT2D eigenvalue weighted by molar-refractivity contribution is 0.0758. The van der Waals surface area contributed by atoms with Crippen molar-refractivity contribution in [1.29, 1.82) is 0 Å². The summed E-state index contributed by atoms with van der Waals surface area (Å²) in [6, 6.07) is 15.2. The number of carbonyl (C=O) groups excluding carboxylic acids is 1. The first-order valence-electron chi connectivity index (χ1n) is 7.67. The van der Waals surface area contributed by atoms with E-state index in [1.165, 1.54) is 6.92 Å². The Kier molecular flexibility index (Phi) is 6.63. The molecule has 0 aromatic heterocycles. The van der Waals surface area contributed by atoms with Crippen LogP contribution in [0, 0.1) is 6.92 Å². The first kappa shape index (κ1) is 17.0. The van der Waals surface area contributed by atoms with Gasteiger partial charge in [-0.3, -0.25) is 4.79 Å². The van der Waals surface area contributed by atoms with Gasteiger partial charge in [0.05, 0.1) is 18.8 Å². The number of hydrogen-bond donors (Lipinski definition) is 0. The van der Waals surface area contributed by atoms with Gasteiger partial charge in [-0.15, -0.1) is 0 Å². The summed E-state index contributed by atoms with van der Waals surface area (Å²) in [6.07, 6.45) is 0. The van der Waals surface area contributed by atoms with Gasteiger partial charge in [-0.1, -0.05) is 24.3 Å². The van der Waals surface area contributed by atoms with E-state index in [-0.39, 0.29) is 5.78 Å². The molecule has 0 heterocycles. The Balaban J connectivity index is 1.66. The minimum Gasteiger partial charge on any atom is -0.491 e. The summed E-state index contributed by atoms with van der Waals surface area (Å²) in [7, 11) is 0. The van der Waals surface area contributed by atoms with Gasteiger partial charge < -0.3 is 14.2 Å². The Hall–Kier alpha value is -2.33. The minimum absolute atomic E-state index is 0.00261. The van der Waals surface area contributed by atoms with Crippen molar-refractivity contribution < 1.29 is 19.0 Å². The van der Waals surface area contributed by atoms with Crippen LogP contribution in [-0.4, -0.2) is 32.2 Å². The molecule has 2 aromatic rings. The standard InChI is InChI=1S/C19H22O4/c1-15-8-9-18(16(2)20)19(14-15)23-13-11-21-10-12-22-17-6-4-3-5-7-17/h3-9,14H,10-13H2,1-2H3. The molecule has 23 heavy (non-hydrogen) atoms. The van der Waals surface area contributed by atoms with Crippen molar-refractivity contribution in [2.75, 3.05) is 26.4 Å². The predicted octanol–water partition coefficient (Wildman–Crippen LogP) is 3.67. The third-order valence-electron chi connectivity index (χ3n) is 3.24. The smallest absolute Gasteiger partial charge is 0.163 e. The molecule has 0 aliphatic rings. The quantitative estimate of drug-likeness (QED) is 0.523. The van der Waals surface area contributed by atoms with Crippen molar-refractivity contribution in [3.05, 3.63) is 59.7 Å². The molecule has 0 spiro atoms. The maximum Gasteiger partial charge on any atom is 0.163 e. The largest absolute Gasteiger partial charge is 0.491 e. The van der Waals surface area contributed by atoms with Gasteiger partial charge in [0.25, 0.3) is 0 Å². The second-order valence-electron chi connectivity index (χ2n) is 5.18. The van der Waals surface area contributed by atoms with Crippen LogP contribution in [0.5, 0.6) is 11.5 Å². The lowest BCUT2D eigenvalue weighted by Gasteiger charge is -2.11. The number of Topliss-reactive ketones (excluding diaryl/α,β-unsaturated/α-hetero) is 1. The molecule has 2 aromatic carbocycles. The maximum absolute atomic E-state index is 11.6. The summed E-state index contributed by atoms with van der Waals surface area (Å²) in [4.78, 5) is 11.6. The average Bonchev–Trinajstić information content (AvgIpc) is 2.54. The van der Waals surface area contributed by atoms with Gasteiger partial charge in [0.2, 0.25) is 0 Å². The summed E-state index contributed by atoms with van der Waals surface area (Å²) < 4.78 is 16.7. The van der Waals surface area contributed by atoms with Crippen LogP contribution in [0.2, 0.25) is 0 Å². The third kappa shape index (κ3) is 5.75. The van der Waals surface area contributed by atoms with Crippen LogP contribution >= 0.6 is 0 Å². The molecule has 0 aliphatic carbocycles. The van der Waals surface area contributed by atoms with E-state index in [4.69, 9.17) is 14.2 Å². The number of rotatable bonds is 9. The van der Waals surface area contributed by atoms with E-state index in [1.807, 2.05) is 49.4 Å². The molecule has 0 aliphatic heterocycles. The van der Waals surface area contributed by atoms with Crippen LogP contribution in [0.1, 0.15) is 22.8 Å². The number of ether oxygens (including phenoxy) is 3. The fourth-order valence-corrected chi connectivity index (χ4v) is 2.09. The van der Waals surface area contributed by atoms with Gasteiger partial charge in [-0.05, 0) is 43.7 Å². The Bertz CT molecular complexity index is 623. The highest BCUT2D eigenvalue weighted by Crippen LogP contribution is 2.20. The van der Waals surface area contributed by atoms with Crippen molar-refractivity contribution in [3.8, 4) is 11.5 Å². The summed E-state index contributed by atoms with van der Waals surface area (Å²) in [5.41, 5.74) is 1.66. The first-order valence-corrected chi connectivity index (χ1v) is 7.67. The number of aryl methyl sites for hydroxylation is 1. The average molecular weight is 314 g/mol. The Morgan fingerprint density at radius 3 is 2.30 bits per heavy atom. The highest BCUT2D eigenvalue weighted by molar-refractivity contribution is 5.96. The van der Waals surface area contributed by atoms with E-state index in [2.05, 4.69) is 0 Å². The van der Waals surface area contributed by atoms with Gasteiger partial charge >= 0.3 is 0 Å². The van der Waals surface area contributed by atoms with Crippen molar-refractivity contribution in [2.45, 2.75) is 13.8 Å². The van der Waals surface area contributed by atoms with E-state index in [1.54, 1.807) is 6.07 Å². The Morgan fingerprint density at radius 2 is 1.61 bits per heavy atom. The van der Waals surface area contributed by atoms with E-state index in [9.17, 15) is 4.79 Å². The topological polar surface area (TPSA) is 44.8 Å². The van der Waals surface area contributed by atoms with Gasteiger partial charge in [0, 0.05) is 0 Å². The second kappa shape index (κ2) is 8.96. The van der Waals surface area contributed by atoms with Crippen LogP contribution in [0.25, 0.3) is 0 Å². The zero-order valence-electron chi connectivity index (χ0n) is 13.6. The van der Waals surface area contributed by atoms with E-state index < -0.39 is 0 Å². The minimum atomic E-state index is -0.00261. The van der Waals surface area contributed by atoms with Crippen molar-refractivity contribution in [1.82, 2.24) is 0 Å². The lowest BCUT2D eigenvalue weighted by atomic mass is 10.1. The molecule has 4 nitrogen and oxygen atoms in total. The first-order chi connectivity index (χ1) is 11.2. The van der Waals surface area contributed by atoms with Crippen LogP contribution in [-0.2, 0) is 4.74 Å². The van der Waals surface area contributed by atoms with Gasteiger partial charge in [-0.2, -0.15) is 0 Å². The van der Waals surface area contributed by atoms with Gasteiger partial charge in [0.15, 0.2) is 5.78 Å². The monoisotopic (exact) mass is 314 g/mol. The fourth-order valence-electron chi connectivity index (χ4n) is 2.09. The Morgan fingerprint density at radius 1 is 0.913 bits per heavy atom. The number of hydrogen-bond acceptors (Lipinski definition) is 4. The molecule has 0 atom stereocenters. The number of benzene rings is 2. The van der Waals surface area contributed by atoms with E-state index >= 15 is 0 Å². The molecule has 0 radical (unpaired) electrons. The predicted molar refractivity (Wildman–Crippen MR) is 89.4 cm³/mol. The van der Waals surface area contributed by atoms with E-state index in [0.29, 0.717) is 37.7 Å². The van der Waals surface area contributed by atoms with Crippen LogP contribution in [0.15, 0.2) is 48.5 Å². The Labute approximate surface area is 137 Å². The zero-order valence-corrected chi connectivity index (χ0v) is 13.6. The number of ketones is 1. The highest BCUT2D eigenvalue weighted by Gasteiger charge is 2.08. The molecular weight excluding hydrogens is 292 g/mol. The second-order valence-corrected chi connectivity index (χ2v) is 5.18. The molecule has 0 saturated carbocycles. The molecule has 122 valence electrons. The summed E-state index contributed by atoms with van der Waals surface area (Å²) in [5, 5.41) is 0. The van der Waals surface area contributed by atoms with Crippen molar-refractivity contribution >= 4 is 5.78 Å². The molecule has 0 N–H and O–H groups in total. The SMILES string of the molecule is CC(=O)c1ccc(C)cc1OCCOCCOc1ccccc1. The highest BCUT2D eigenvalue weighted by atomic mass is 16.5. The van der Waals surface area contributed by atoms with Crippen molar-refractivity contribution in [3.63, 3.8) is 0 Å². The van der Waals surface area contributed by atoms with Gasteiger partial charge in [-0.25, -0.2) is 0 Å². The number of para-hydroxylation sites is 1. The van der Waals surface area contributed by atoms with Crippen molar-refractivity contribution in [2.24, 2.45) is 0 Å². The van der Waals surface area contributed by atoms with E-state index in [0.717, 1.165) is 11.3 Å². The lowest BCUT2D eigenvalue weighted by Crippen LogP contribution is -2.13. The molecule has 0 unspecified atom stereocenters. The number of carbonyl (C=O) groups is 1. The zero-order chi connectivity index (χ0) is 16.5. The molecule has 0 fully saturated rings. The normalized spacial score (nSPS) is 10.3. The third-order valence-corrected chi connectivity index (χ3v) is 3.24. The summed E-state index contributed by atoms with van der Waals surface area (Å²) in [5.74, 6) is 1.44. The summed E-state index contributed by atoms with van der Waals surface area (Å²) >= 11 is 0. The molecule has 0 bridgehead atoms. The van der Waals surface area contributed by atoms with Gasteiger partial charge in [0.1, 0.15) is 24.7 Å². The molecule has 0 amide bonds. The van der Waals surface area contributed by atoms with Crippen LogP contribution < -0.4 is 9.47 Å². The summed E-state index contributed by atoms with van der Waals surface area (Å²) in [6.45, 7) is 5.33.